The molecular weight excluding hydrogens is 268 g/mol. The van der Waals surface area contributed by atoms with Crippen LogP contribution in [0.25, 0.3) is 0 Å². The number of benzene rings is 1. The molecule has 19 heavy (non-hydrogen) atoms. The molecule has 0 fully saturated rings. The number of hydrogen-bond donors (Lipinski definition) is 2. The lowest BCUT2D eigenvalue weighted by Gasteiger charge is -2.11. The van der Waals surface area contributed by atoms with Gasteiger partial charge in [-0.05, 0) is 37.8 Å². The fraction of sp³-hybridized carbons (Fsp3) is 0.500. The number of nitrogens with zero attached hydrogens (tertiary/aromatic N) is 1. The topological polar surface area (TPSA) is 98.6 Å². The van der Waals surface area contributed by atoms with E-state index in [2.05, 4.69) is 0 Å². The average Bonchev–Trinajstić information content (AvgIpc) is 2.36. The molecule has 0 saturated heterocycles. The summed E-state index contributed by atoms with van der Waals surface area (Å²) < 4.78 is 5.33. The Labute approximate surface area is 116 Å². The molecule has 3 N–H and O–H groups in total. The maximum Gasteiger partial charge on any atom is 0.285 e. The van der Waals surface area contributed by atoms with Crippen molar-refractivity contribution >= 4 is 17.7 Å². The highest BCUT2D eigenvalue weighted by molar-refractivity contribution is 7.94. The molecule has 0 radical (unpaired) electrons. The van der Waals surface area contributed by atoms with Gasteiger partial charge in [-0.2, -0.15) is 0 Å². The molecule has 0 aromatic heterocycles. The minimum Gasteiger partial charge on any atom is -0.396 e. The first-order chi connectivity index (χ1) is 9.04. The predicted octanol–water partition coefficient (Wildman–Crippen LogP) is 2.37. The summed E-state index contributed by atoms with van der Waals surface area (Å²) in [6, 6.07) is 4.84. The molecule has 0 saturated carbocycles. The van der Waals surface area contributed by atoms with Crippen LogP contribution in [0.1, 0.15) is 24.8 Å². The molecule has 0 spiro atoms. The van der Waals surface area contributed by atoms with Gasteiger partial charge in [-0.25, -0.2) is 0 Å². The van der Waals surface area contributed by atoms with E-state index < -0.39 is 11.2 Å². The highest BCUT2D eigenvalue weighted by Gasteiger charge is 2.16. The van der Waals surface area contributed by atoms with Crippen LogP contribution in [-0.2, 0) is 4.18 Å². The van der Waals surface area contributed by atoms with Gasteiger partial charge in [-0.1, -0.05) is 6.07 Å². The Bertz CT molecular complexity index is 428. The van der Waals surface area contributed by atoms with Gasteiger partial charge in [0.1, 0.15) is 11.1 Å². The van der Waals surface area contributed by atoms with Crippen LogP contribution in [0.2, 0.25) is 0 Å². The molecule has 0 aliphatic carbocycles. The molecule has 0 aliphatic rings. The minimum absolute atomic E-state index is 0.0122. The van der Waals surface area contributed by atoms with Crippen LogP contribution in [0.5, 0.6) is 0 Å². The summed E-state index contributed by atoms with van der Waals surface area (Å²) in [7, 11) is 0. The van der Waals surface area contributed by atoms with Crippen molar-refractivity contribution in [2.45, 2.75) is 37.3 Å². The van der Waals surface area contributed by atoms with Gasteiger partial charge < -0.3 is 10.8 Å². The zero-order valence-electron chi connectivity index (χ0n) is 10.7. The smallest absolute Gasteiger partial charge is 0.285 e. The number of unbranched alkanes of at least 4 members (excludes halogenated alkanes) is 1. The second-order valence-corrected chi connectivity index (χ2v) is 4.96. The predicted molar refractivity (Wildman–Crippen MR) is 73.7 cm³/mol. The van der Waals surface area contributed by atoms with Crippen molar-refractivity contribution in [3.05, 3.63) is 33.9 Å². The van der Waals surface area contributed by atoms with Crippen molar-refractivity contribution in [1.82, 2.24) is 0 Å². The molecular formula is C12H18N2O4S. The number of nitro groups is 1. The summed E-state index contributed by atoms with van der Waals surface area (Å²) in [5.41, 5.74) is 6.67. The van der Waals surface area contributed by atoms with Gasteiger partial charge in [0.25, 0.3) is 5.69 Å². The number of hydrogen-bond acceptors (Lipinski definition) is 6. The van der Waals surface area contributed by atoms with E-state index in [1.807, 2.05) is 6.92 Å². The standard InChI is InChI=1S/C12H18N2O4S/c1-9-5-6-10(14(16)17)11(8-9)19-18-12(13)4-2-3-7-15/h5-6,8,12,15H,2-4,7,13H2,1H3/t12-/m0/s1. The van der Waals surface area contributed by atoms with Gasteiger partial charge in [-0.15, -0.1) is 0 Å². The third-order valence-corrected chi connectivity index (χ3v) is 3.32. The van der Waals surface area contributed by atoms with Crippen molar-refractivity contribution in [3.63, 3.8) is 0 Å². The summed E-state index contributed by atoms with van der Waals surface area (Å²) >= 11 is 0.927. The van der Waals surface area contributed by atoms with E-state index in [0.717, 1.165) is 24.0 Å². The molecule has 1 rings (SSSR count). The van der Waals surface area contributed by atoms with Crippen LogP contribution in [0.3, 0.4) is 0 Å². The second kappa shape index (κ2) is 8.11. The summed E-state index contributed by atoms with van der Waals surface area (Å²) in [4.78, 5) is 10.9. The Morgan fingerprint density at radius 2 is 2.26 bits per heavy atom. The molecule has 6 nitrogen and oxygen atoms in total. The first kappa shape index (κ1) is 15.9. The van der Waals surface area contributed by atoms with Crippen molar-refractivity contribution in [3.8, 4) is 0 Å². The molecule has 1 atom stereocenters. The number of rotatable bonds is 8. The van der Waals surface area contributed by atoms with Gasteiger partial charge in [0.05, 0.1) is 4.92 Å². The Morgan fingerprint density at radius 1 is 1.53 bits per heavy atom. The normalized spacial score (nSPS) is 12.4. The van der Waals surface area contributed by atoms with Gasteiger partial charge in [0.2, 0.25) is 0 Å². The molecule has 7 heteroatoms. The Balaban J connectivity index is 2.56. The SMILES string of the molecule is Cc1ccc([N+](=O)[O-])c(SO[C@H](N)CCCCO)c1. The number of nitrogens with two attached hydrogens (primary N) is 1. The molecule has 0 aliphatic heterocycles. The zero-order chi connectivity index (χ0) is 14.3. The maximum absolute atomic E-state index is 10.9. The average molecular weight is 286 g/mol. The Hall–Kier alpha value is -1.15. The van der Waals surface area contributed by atoms with E-state index in [-0.39, 0.29) is 12.3 Å². The summed E-state index contributed by atoms with van der Waals surface area (Å²) in [6.45, 7) is 1.98. The first-order valence-electron chi connectivity index (χ1n) is 5.99. The zero-order valence-corrected chi connectivity index (χ0v) is 11.6. The number of aliphatic hydroxyl groups excluding tert-OH is 1. The van der Waals surface area contributed by atoms with Crippen LogP contribution in [0.15, 0.2) is 23.1 Å². The highest BCUT2D eigenvalue weighted by atomic mass is 32.2. The van der Waals surface area contributed by atoms with Crippen LogP contribution in [0, 0.1) is 17.0 Å². The number of aliphatic hydroxyl groups is 1. The second-order valence-electron chi connectivity index (χ2n) is 4.17. The lowest BCUT2D eigenvalue weighted by molar-refractivity contribution is -0.387. The molecule has 0 heterocycles. The number of nitro benzene ring substituents is 1. The van der Waals surface area contributed by atoms with Crippen LogP contribution in [-0.4, -0.2) is 22.9 Å². The van der Waals surface area contributed by atoms with Crippen molar-refractivity contribution in [1.29, 1.82) is 0 Å². The Kier molecular flexibility index (Phi) is 6.79. The number of aryl methyl sites for hydroxylation is 1. The monoisotopic (exact) mass is 286 g/mol. The summed E-state index contributed by atoms with van der Waals surface area (Å²) in [6.07, 6.45) is 1.53. The quantitative estimate of drug-likeness (QED) is 0.250. The third kappa shape index (κ3) is 5.56. The molecule has 0 amide bonds. The van der Waals surface area contributed by atoms with E-state index in [1.54, 1.807) is 12.1 Å². The van der Waals surface area contributed by atoms with E-state index in [0.29, 0.717) is 17.7 Å². The van der Waals surface area contributed by atoms with Crippen molar-refractivity contribution in [2.75, 3.05) is 6.61 Å². The van der Waals surface area contributed by atoms with E-state index >= 15 is 0 Å². The molecule has 0 unspecified atom stereocenters. The Morgan fingerprint density at radius 3 is 2.89 bits per heavy atom. The highest BCUT2D eigenvalue weighted by Crippen LogP contribution is 2.31. The lowest BCUT2D eigenvalue weighted by Crippen LogP contribution is -2.20. The summed E-state index contributed by atoms with van der Waals surface area (Å²) in [5, 5.41) is 19.5. The molecule has 1 aromatic carbocycles. The maximum atomic E-state index is 10.9. The fourth-order valence-electron chi connectivity index (χ4n) is 1.46. The molecule has 0 bridgehead atoms. The van der Waals surface area contributed by atoms with E-state index in [9.17, 15) is 10.1 Å². The molecule has 1 aromatic rings. The summed E-state index contributed by atoms with van der Waals surface area (Å²) in [5.74, 6) is 0. The van der Waals surface area contributed by atoms with E-state index in [1.165, 1.54) is 6.07 Å². The fourth-order valence-corrected chi connectivity index (χ4v) is 2.24. The van der Waals surface area contributed by atoms with Gasteiger partial charge in [0.15, 0.2) is 0 Å². The lowest BCUT2D eigenvalue weighted by atomic mass is 10.2. The van der Waals surface area contributed by atoms with Crippen LogP contribution in [0.4, 0.5) is 5.69 Å². The van der Waals surface area contributed by atoms with Gasteiger partial charge in [0, 0.05) is 24.7 Å². The minimum atomic E-state index is -0.503. The molecule has 106 valence electrons. The van der Waals surface area contributed by atoms with Crippen molar-refractivity contribution < 1.29 is 14.2 Å². The van der Waals surface area contributed by atoms with Crippen molar-refractivity contribution in [2.24, 2.45) is 5.73 Å². The van der Waals surface area contributed by atoms with E-state index in [4.69, 9.17) is 15.0 Å². The largest absolute Gasteiger partial charge is 0.396 e. The van der Waals surface area contributed by atoms with Crippen LogP contribution >= 0.6 is 12.0 Å². The first-order valence-corrected chi connectivity index (χ1v) is 6.73. The van der Waals surface area contributed by atoms with Gasteiger partial charge >= 0.3 is 0 Å². The van der Waals surface area contributed by atoms with Gasteiger partial charge in [-0.3, -0.25) is 14.3 Å². The van der Waals surface area contributed by atoms with Crippen LogP contribution < -0.4 is 5.73 Å². The third-order valence-electron chi connectivity index (χ3n) is 2.47.